The smallest absolute Gasteiger partial charge is 0.224 e. The van der Waals surface area contributed by atoms with Crippen molar-refractivity contribution in [3.8, 4) is 0 Å². The van der Waals surface area contributed by atoms with E-state index in [4.69, 9.17) is 9.47 Å². The van der Waals surface area contributed by atoms with E-state index in [9.17, 15) is 0 Å². The number of hydrogen-bond donors (Lipinski definition) is 2. The Bertz CT molecular complexity index is 295. The van der Waals surface area contributed by atoms with E-state index >= 15 is 0 Å². The number of nitrogens with one attached hydrogen (secondary N) is 2. The van der Waals surface area contributed by atoms with Gasteiger partial charge in [0.25, 0.3) is 0 Å². The molecular weight excluding hydrogens is 232 g/mol. The third-order valence-electron chi connectivity index (χ3n) is 2.30. The van der Waals surface area contributed by atoms with Crippen LogP contribution in [0.2, 0.25) is 0 Å². The van der Waals surface area contributed by atoms with E-state index in [0.29, 0.717) is 5.95 Å². The third kappa shape index (κ3) is 6.36. The average molecular weight is 254 g/mol. The lowest BCUT2D eigenvalue weighted by Gasteiger charge is -2.08. The molecule has 0 saturated heterocycles. The van der Waals surface area contributed by atoms with Gasteiger partial charge < -0.3 is 20.1 Å². The maximum absolute atomic E-state index is 4.98. The number of rotatable bonds is 10. The fraction of sp³-hybridized carbons (Fsp3) is 0.667. The molecule has 102 valence electrons. The molecule has 0 aliphatic rings. The number of aromatic nitrogens is 2. The molecule has 0 unspecified atom stereocenters. The van der Waals surface area contributed by atoms with Crippen molar-refractivity contribution in [3.63, 3.8) is 0 Å². The molecular formula is C12H22N4O2. The largest absolute Gasteiger partial charge is 0.385 e. The first-order chi connectivity index (χ1) is 8.86. The van der Waals surface area contributed by atoms with Gasteiger partial charge in [-0.3, -0.25) is 0 Å². The van der Waals surface area contributed by atoms with Crippen molar-refractivity contribution in [3.05, 3.63) is 12.3 Å². The van der Waals surface area contributed by atoms with Gasteiger partial charge in [-0.25, -0.2) is 4.98 Å². The van der Waals surface area contributed by atoms with Crippen molar-refractivity contribution >= 4 is 11.8 Å². The summed E-state index contributed by atoms with van der Waals surface area (Å²) in [5.74, 6) is 1.47. The number of hydrogen-bond acceptors (Lipinski definition) is 6. The van der Waals surface area contributed by atoms with E-state index in [-0.39, 0.29) is 0 Å². The Kier molecular flexibility index (Phi) is 7.83. The van der Waals surface area contributed by atoms with Gasteiger partial charge in [0, 0.05) is 46.7 Å². The molecule has 0 aliphatic carbocycles. The van der Waals surface area contributed by atoms with Gasteiger partial charge >= 0.3 is 0 Å². The predicted octanol–water partition coefficient (Wildman–Crippen LogP) is 1.37. The summed E-state index contributed by atoms with van der Waals surface area (Å²) in [5, 5.41) is 6.38. The molecule has 0 aliphatic heterocycles. The molecule has 1 aromatic heterocycles. The summed E-state index contributed by atoms with van der Waals surface area (Å²) >= 11 is 0. The van der Waals surface area contributed by atoms with Gasteiger partial charge in [0.05, 0.1) is 0 Å². The molecule has 1 aromatic rings. The van der Waals surface area contributed by atoms with Crippen LogP contribution in [-0.2, 0) is 9.47 Å². The normalized spacial score (nSPS) is 10.3. The monoisotopic (exact) mass is 254 g/mol. The van der Waals surface area contributed by atoms with Crippen LogP contribution in [0.1, 0.15) is 12.8 Å². The second kappa shape index (κ2) is 9.61. The van der Waals surface area contributed by atoms with Crippen LogP contribution >= 0.6 is 0 Å². The second-order valence-corrected chi connectivity index (χ2v) is 3.81. The van der Waals surface area contributed by atoms with Crippen LogP contribution in [0.5, 0.6) is 0 Å². The lowest BCUT2D eigenvalue weighted by atomic mass is 10.4. The molecule has 0 radical (unpaired) electrons. The molecule has 0 spiro atoms. The van der Waals surface area contributed by atoms with Gasteiger partial charge in [-0.15, -0.1) is 0 Å². The number of anilines is 2. The highest BCUT2D eigenvalue weighted by molar-refractivity contribution is 5.39. The molecule has 6 heteroatoms. The van der Waals surface area contributed by atoms with E-state index < -0.39 is 0 Å². The topological polar surface area (TPSA) is 68.3 Å². The van der Waals surface area contributed by atoms with Crippen molar-refractivity contribution < 1.29 is 9.47 Å². The summed E-state index contributed by atoms with van der Waals surface area (Å²) < 4.78 is 9.96. The first-order valence-electron chi connectivity index (χ1n) is 6.15. The van der Waals surface area contributed by atoms with E-state index in [2.05, 4.69) is 20.6 Å². The SMILES string of the molecule is COCCCNc1ccnc(NCCCOC)n1. The number of ether oxygens (including phenoxy) is 2. The summed E-state index contributed by atoms with van der Waals surface area (Å²) in [7, 11) is 3.40. The number of methoxy groups -OCH3 is 2. The fourth-order valence-corrected chi connectivity index (χ4v) is 1.39. The second-order valence-electron chi connectivity index (χ2n) is 3.81. The van der Waals surface area contributed by atoms with Crippen molar-refractivity contribution in [1.82, 2.24) is 9.97 Å². The molecule has 0 fully saturated rings. The molecule has 1 heterocycles. The highest BCUT2D eigenvalue weighted by Crippen LogP contribution is 2.05. The van der Waals surface area contributed by atoms with Crippen LogP contribution < -0.4 is 10.6 Å². The van der Waals surface area contributed by atoms with Gasteiger partial charge in [0.2, 0.25) is 5.95 Å². The zero-order valence-electron chi connectivity index (χ0n) is 11.1. The summed E-state index contributed by atoms with van der Waals surface area (Å²) in [5.41, 5.74) is 0. The lowest BCUT2D eigenvalue weighted by molar-refractivity contribution is 0.197. The zero-order chi connectivity index (χ0) is 13.1. The van der Waals surface area contributed by atoms with Gasteiger partial charge in [-0.05, 0) is 18.9 Å². The van der Waals surface area contributed by atoms with Gasteiger partial charge in [-0.2, -0.15) is 4.98 Å². The Morgan fingerprint density at radius 3 is 2.39 bits per heavy atom. The standard InChI is InChI=1S/C12H22N4O2/c1-17-9-3-6-13-11-5-8-15-12(16-11)14-7-4-10-18-2/h5,8H,3-4,6-7,9-10H2,1-2H3,(H2,13,14,15,16). The van der Waals surface area contributed by atoms with Crippen molar-refractivity contribution in [2.75, 3.05) is 51.2 Å². The average Bonchev–Trinajstić information content (AvgIpc) is 2.40. The molecule has 1 rings (SSSR count). The van der Waals surface area contributed by atoms with Crippen LogP contribution in [0.4, 0.5) is 11.8 Å². The molecule has 6 nitrogen and oxygen atoms in total. The number of nitrogens with zero attached hydrogens (tertiary/aromatic N) is 2. The summed E-state index contributed by atoms with van der Waals surface area (Å²) in [6.07, 6.45) is 3.63. The van der Waals surface area contributed by atoms with E-state index in [1.807, 2.05) is 6.07 Å². The molecule has 18 heavy (non-hydrogen) atoms. The maximum Gasteiger partial charge on any atom is 0.224 e. The van der Waals surface area contributed by atoms with Crippen LogP contribution in [-0.4, -0.2) is 50.5 Å². The van der Waals surface area contributed by atoms with E-state index in [1.54, 1.807) is 20.4 Å². The van der Waals surface area contributed by atoms with E-state index in [1.165, 1.54) is 0 Å². The summed E-state index contributed by atoms with van der Waals surface area (Å²) in [4.78, 5) is 8.51. The third-order valence-corrected chi connectivity index (χ3v) is 2.30. The predicted molar refractivity (Wildman–Crippen MR) is 72.0 cm³/mol. The fourth-order valence-electron chi connectivity index (χ4n) is 1.39. The molecule has 0 saturated carbocycles. The van der Waals surface area contributed by atoms with Gasteiger partial charge in [0.15, 0.2) is 0 Å². The Labute approximate surface area is 108 Å². The van der Waals surface area contributed by atoms with Crippen LogP contribution in [0.3, 0.4) is 0 Å². The van der Waals surface area contributed by atoms with Gasteiger partial charge in [-0.1, -0.05) is 0 Å². The van der Waals surface area contributed by atoms with E-state index in [0.717, 1.165) is 45.0 Å². The highest BCUT2D eigenvalue weighted by atomic mass is 16.5. The first kappa shape index (κ1) is 14.7. The van der Waals surface area contributed by atoms with Crippen molar-refractivity contribution in [2.24, 2.45) is 0 Å². The molecule has 0 aromatic carbocycles. The first-order valence-corrected chi connectivity index (χ1v) is 6.15. The highest BCUT2D eigenvalue weighted by Gasteiger charge is 1.98. The minimum absolute atomic E-state index is 0.642. The molecule has 0 atom stereocenters. The minimum Gasteiger partial charge on any atom is -0.385 e. The summed E-state index contributed by atoms with van der Waals surface area (Å²) in [6.45, 7) is 3.14. The van der Waals surface area contributed by atoms with Crippen LogP contribution in [0.15, 0.2) is 12.3 Å². The van der Waals surface area contributed by atoms with Crippen LogP contribution in [0.25, 0.3) is 0 Å². The maximum atomic E-state index is 4.98. The van der Waals surface area contributed by atoms with Crippen molar-refractivity contribution in [1.29, 1.82) is 0 Å². The van der Waals surface area contributed by atoms with Crippen LogP contribution in [0, 0.1) is 0 Å². The van der Waals surface area contributed by atoms with Gasteiger partial charge in [0.1, 0.15) is 5.82 Å². The Morgan fingerprint density at radius 1 is 1.06 bits per heavy atom. The zero-order valence-corrected chi connectivity index (χ0v) is 11.1. The lowest BCUT2D eigenvalue weighted by Crippen LogP contribution is -2.10. The Balaban J connectivity index is 2.27. The molecule has 0 amide bonds. The quantitative estimate of drug-likeness (QED) is 0.615. The van der Waals surface area contributed by atoms with Crippen molar-refractivity contribution in [2.45, 2.75) is 12.8 Å². The molecule has 0 bridgehead atoms. The summed E-state index contributed by atoms with van der Waals surface area (Å²) in [6, 6.07) is 1.85. The Morgan fingerprint density at radius 2 is 1.72 bits per heavy atom. The minimum atomic E-state index is 0.642. The Hall–Kier alpha value is -1.40. The molecule has 2 N–H and O–H groups in total.